The Morgan fingerprint density at radius 2 is 1.59 bits per heavy atom. The summed E-state index contributed by atoms with van der Waals surface area (Å²) in [5.74, 6) is 6.90. The summed E-state index contributed by atoms with van der Waals surface area (Å²) in [4.78, 5) is 6.96. The average Bonchev–Trinajstić information content (AvgIpc) is 2.72. The van der Waals surface area contributed by atoms with Gasteiger partial charge in [0, 0.05) is 0 Å². The van der Waals surface area contributed by atoms with E-state index in [0.717, 1.165) is 32.6 Å². The van der Waals surface area contributed by atoms with E-state index in [-0.39, 0.29) is 0 Å². The van der Waals surface area contributed by atoms with Gasteiger partial charge in [-0.2, -0.15) is 0 Å². The Labute approximate surface area is 182 Å². The molecule has 3 heteroatoms. The van der Waals surface area contributed by atoms with Crippen LogP contribution < -0.4 is 9.30 Å². The second-order valence-electron chi connectivity index (χ2n) is 9.69. The molecule has 0 amide bonds. The fourth-order valence-electron chi connectivity index (χ4n) is 3.39. The molecule has 0 fully saturated rings. The van der Waals surface area contributed by atoms with E-state index >= 15 is 0 Å². The molecule has 0 aliphatic heterocycles. The molecule has 0 spiro atoms. The van der Waals surface area contributed by atoms with E-state index in [1.807, 2.05) is 57.3 Å². The van der Waals surface area contributed by atoms with E-state index in [4.69, 9.17) is 7.73 Å². The van der Waals surface area contributed by atoms with Crippen LogP contribution in [0.4, 0.5) is 11.4 Å². The zero-order valence-electron chi connectivity index (χ0n) is 20.7. The third kappa shape index (κ3) is 5.51. The summed E-state index contributed by atoms with van der Waals surface area (Å²) in [6, 6.07) is 20.6. The molecule has 1 heterocycles. The van der Waals surface area contributed by atoms with E-state index in [0.29, 0.717) is 0 Å². The molecule has 3 aromatic rings. The van der Waals surface area contributed by atoms with Crippen molar-refractivity contribution in [1.82, 2.24) is 4.98 Å². The van der Waals surface area contributed by atoms with Crippen molar-refractivity contribution >= 4 is 29.0 Å². The summed E-state index contributed by atoms with van der Waals surface area (Å²) < 4.78 is 19.1. The van der Waals surface area contributed by atoms with Gasteiger partial charge in [0.1, 0.15) is 0 Å². The molecule has 0 aliphatic carbocycles. The summed E-state index contributed by atoms with van der Waals surface area (Å²) in [6.45, 7) is 5.92. The summed E-state index contributed by atoms with van der Waals surface area (Å²) >= 11 is -2.33. The molecule has 0 N–H and O–H groups in total. The summed E-state index contributed by atoms with van der Waals surface area (Å²) in [5.41, 5.74) is 4.31. The molecule has 0 saturated heterocycles. The van der Waals surface area contributed by atoms with Gasteiger partial charge in [-0.25, -0.2) is 0 Å². The first-order chi connectivity index (χ1) is 14.3. The maximum absolute atomic E-state index is 8.98. The fourth-order valence-corrected chi connectivity index (χ4v) is 6.32. The van der Waals surface area contributed by atoms with Crippen LogP contribution in [-0.2, 0) is 6.37 Å². The number of benzene rings is 2. The molecule has 1 aromatic heterocycles. The normalized spacial score (nSPS) is 13.6. The van der Waals surface area contributed by atoms with Crippen LogP contribution in [-0.4, -0.2) is 25.3 Å². The summed E-state index contributed by atoms with van der Waals surface area (Å²) in [5, 5.41) is 0. The number of hydrogen-bond donors (Lipinski definition) is 0. The molecule has 29 heavy (non-hydrogen) atoms. The SMILES string of the molecule is [2H]C([2H])(c1cc(-c2cccc(N(C)c3ccccc3)c2)nc[c]1[Ge]([CH3])([CH3])[CH3])C(C)(C)C. The number of nitrogens with zero attached hydrogens (tertiary/aromatic N) is 2. The Balaban J connectivity index is 2.11. The number of aromatic nitrogens is 1. The molecule has 0 atom stereocenters. The second kappa shape index (κ2) is 8.35. The van der Waals surface area contributed by atoms with Crippen molar-refractivity contribution in [1.29, 1.82) is 0 Å². The average molecular weight is 449 g/mol. The predicted octanol–water partition coefficient (Wildman–Crippen LogP) is 6.65. The Morgan fingerprint density at radius 3 is 2.21 bits per heavy atom. The van der Waals surface area contributed by atoms with Gasteiger partial charge < -0.3 is 0 Å². The number of rotatable bonds is 5. The van der Waals surface area contributed by atoms with Crippen LogP contribution in [0, 0.1) is 5.41 Å². The third-order valence-corrected chi connectivity index (χ3v) is 9.12. The van der Waals surface area contributed by atoms with E-state index in [9.17, 15) is 0 Å². The van der Waals surface area contributed by atoms with Gasteiger partial charge in [-0.3, -0.25) is 0 Å². The van der Waals surface area contributed by atoms with Crippen molar-refractivity contribution in [3.8, 4) is 11.3 Å². The van der Waals surface area contributed by atoms with Crippen LogP contribution >= 0.6 is 0 Å². The molecule has 152 valence electrons. The molecule has 0 radical (unpaired) electrons. The quantitative estimate of drug-likeness (QED) is 0.406. The van der Waals surface area contributed by atoms with Crippen LogP contribution in [0.2, 0.25) is 17.3 Å². The van der Waals surface area contributed by atoms with Crippen molar-refractivity contribution in [3.05, 3.63) is 72.4 Å². The molecule has 2 nitrogen and oxygen atoms in total. The van der Waals surface area contributed by atoms with Gasteiger partial charge in [-0.05, 0) is 0 Å². The second-order valence-corrected chi connectivity index (χ2v) is 20.3. The molecule has 0 saturated carbocycles. The van der Waals surface area contributed by atoms with Crippen LogP contribution in [0.5, 0.6) is 0 Å². The van der Waals surface area contributed by atoms with Gasteiger partial charge in [0.05, 0.1) is 0 Å². The molecule has 3 rings (SSSR count). The van der Waals surface area contributed by atoms with E-state index < -0.39 is 25.1 Å². The number of hydrogen-bond acceptors (Lipinski definition) is 2. The Morgan fingerprint density at radius 1 is 0.931 bits per heavy atom. The van der Waals surface area contributed by atoms with Gasteiger partial charge in [-0.15, -0.1) is 0 Å². The standard InChI is InChI=1S/C26H34GeN2/c1-26(2,3)18-21-17-25(28-19-24(21)27(4,5)6)20-12-11-15-23(16-20)29(7)22-13-9-8-10-14-22/h8-17,19H,18H2,1-7H3/i18D2. The number of pyridine rings is 1. The summed E-state index contributed by atoms with van der Waals surface area (Å²) in [6.07, 6.45) is 0.499. The Hall–Kier alpha value is -2.07. The third-order valence-electron chi connectivity index (χ3n) is 4.89. The minimum absolute atomic E-state index is 0.511. The molecular weight excluding hydrogens is 413 g/mol. The zero-order chi connectivity index (χ0) is 23.0. The fraction of sp³-hybridized carbons (Fsp3) is 0.346. The van der Waals surface area contributed by atoms with Crippen LogP contribution in [0.15, 0.2) is 66.9 Å². The van der Waals surface area contributed by atoms with Crippen molar-refractivity contribution in [2.24, 2.45) is 5.41 Å². The van der Waals surface area contributed by atoms with Crippen molar-refractivity contribution in [2.45, 2.75) is 44.4 Å². The van der Waals surface area contributed by atoms with E-state index in [1.165, 1.54) is 0 Å². The van der Waals surface area contributed by atoms with Gasteiger partial charge in [0.15, 0.2) is 0 Å². The maximum atomic E-state index is 8.98. The zero-order valence-corrected chi connectivity index (χ0v) is 20.8. The Bertz CT molecular complexity index is 1050. The molecule has 0 unspecified atom stereocenters. The number of para-hydroxylation sites is 1. The molecule has 0 aliphatic rings. The van der Waals surface area contributed by atoms with Crippen molar-refractivity contribution in [3.63, 3.8) is 0 Å². The van der Waals surface area contributed by atoms with Gasteiger partial charge in [-0.1, -0.05) is 0 Å². The van der Waals surface area contributed by atoms with Crippen molar-refractivity contribution < 1.29 is 2.74 Å². The van der Waals surface area contributed by atoms with E-state index in [1.54, 1.807) is 0 Å². The molecular formula is C26H34GeN2. The van der Waals surface area contributed by atoms with Crippen LogP contribution in [0.3, 0.4) is 0 Å². The van der Waals surface area contributed by atoms with Gasteiger partial charge in [0.2, 0.25) is 0 Å². The predicted molar refractivity (Wildman–Crippen MR) is 130 cm³/mol. The first-order valence-electron chi connectivity index (χ1n) is 11.2. The summed E-state index contributed by atoms with van der Waals surface area (Å²) in [7, 11) is 2.06. The van der Waals surface area contributed by atoms with Crippen molar-refractivity contribution in [2.75, 3.05) is 11.9 Å². The molecule has 0 bridgehead atoms. The first-order valence-corrected chi connectivity index (χ1v) is 17.6. The topological polar surface area (TPSA) is 16.1 Å². The molecule has 2 aromatic carbocycles. The van der Waals surface area contributed by atoms with E-state index in [2.05, 4.69) is 59.5 Å². The number of anilines is 2. The first kappa shape index (κ1) is 18.9. The monoisotopic (exact) mass is 450 g/mol. The Kier molecular flexibility index (Phi) is 5.45. The van der Waals surface area contributed by atoms with Crippen LogP contribution in [0.25, 0.3) is 11.3 Å². The minimum atomic E-state index is -2.33. The van der Waals surface area contributed by atoms with Crippen LogP contribution in [0.1, 0.15) is 29.1 Å². The van der Waals surface area contributed by atoms with Gasteiger partial charge in [0.25, 0.3) is 0 Å². The van der Waals surface area contributed by atoms with Gasteiger partial charge >= 0.3 is 182 Å².